The normalized spacial score (nSPS) is 14.1. The van der Waals surface area contributed by atoms with Gasteiger partial charge in [-0.1, -0.05) is 52.0 Å². The van der Waals surface area contributed by atoms with E-state index < -0.39 is 0 Å². The molecule has 3 rings (SSSR count). The first-order valence-corrected chi connectivity index (χ1v) is 12.1. The van der Waals surface area contributed by atoms with Gasteiger partial charge in [-0.3, -0.25) is 4.79 Å². The summed E-state index contributed by atoms with van der Waals surface area (Å²) in [5.41, 5.74) is 3.39. The molecule has 6 nitrogen and oxygen atoms in total. The molecule has 1 aliphatic heterocycles. The number of carbonyl (C=O) groups excluding carboxylic acids is 1. The van der Waals surface area contributed by atoms with Crippen molar-refractivity contribution in [2.75, 3.05) is 26.3 Å². The number of benzene rings is 2. The zero-order chi connectivity index (χ0) is 23.8. The summed E-state index contributed by atoms with van der Waals surface area (Å²) < 4.78 is 11.4. The van der Waals surface area contributed by atoms with Gasteiger partial charge in [-0.2, -0.15) is 0 Å². The fourth-order valence-electron chi connectivity index (χ4n) is 4.09. The van der Waals surface area contributed by atoms with Crippen molar-refractivity contribution in [3.63, 3.8) is 0 Å². The Labute approximate surface area is 197 Å². The summed E-state index contributed by atoms with van der Waals surface area (Å²) in [5, 5.41) is 13.9. The number of phenolic OH excluding ortho intramolecular Hbond substituents is 1. The molecule has 1 aliphatic rings. The maximum absolute atomic E-state index is 13.3. The minimum atomic E-state index is -0.160. The number of amides is 1. The molecule has 0 saturated carbocycles. The van der Waals surface area contributed by atoms with Crippen LogP contribution in [-0.2, 0) is 24.3 Å². The van der Waals surface area contributed by atoms with Gasteiger partial charge in [-0.15, -0.1) is 0 Å². The number of carbonyl (C=O) groups is 1. The number of hydrogen-bond donors (Lipinski definition) is 2. The molecule has 1 heterocycles. The molecule has 1 amide bonds. The van der Waals surface area contributed by atoms with Crippen LogP contribution in [0.25, 0.3) is 0 Å². The van der Waals surface area contributed by atoms with Gasteiger partial charge in [0, 0.05) is 38.5 Å². The minimum absolute atomic E-state index is 0.0605. The van der Waals surface area contributed by atoms with E-state index in [2.05, 4.69) is 50.4 Å². The van der Waals surface area contributed by atoms with E-state index in [0.29, 0.717) is 50.3 Å². The van der Waals surface area contributed by atoms with Crippen molar-refractivity contribution in [3.05, 3.63) is 53.1 Å². The van der Waals surface area contributed by atoms with Crippen molar-refractivity contribution in [1.29, 1.82) is 0 Å². The van der Waals surface area contributed by atoms with Crippen molar-refractivity contribution in [2.24, 2.45) is 11.8 Å². The lowest BCUT2D eigenvalue weighted by Crippen LogP contribution is -2.40. The highest BCUT2D eigenvalue weighted by molar-refractivity contribution is 5.78. The van der Waals surface area contributed by atoms with Crippen LogP contribution in [0.3, 0.4) is 0 Å². The van der Waals surface area contributed by atoms with Crippen molar-refractivity contribution in [2.45, 2.75) is 53.6 Å². The molecule has 2 aromatic carbocycles. The molecule has 33 heavy (non-hydrogen) atoms. The van der Waals surface area contributed by atoms with E-state index in [1.54, 1.807) is 6.07 Å². The second kappa shape index (κ2) is 11.9. The molecular weight excluding hydrogens is 416 g/mol. The summed E-state index contributed by atoms with van der Waals surface area (Å²) in [4.78, 5) is 15.2. The van der Waals surface area contributed by atoms with E-state index in [1.807, 2.05) is 17.9 Å². The molecule has 2 N–H and O–H groups in total. The Kier molecular flexibility index (Phi) is 9.01. The second-order valence-electron chi connectivity index (χ2n) is 9.31. The van der Waals surface area contributed by atoms with Crippen molar-refractivity contribution in [3.8, 4) is 17.2 Å². The predicted octanol–water partition coefficient (Wildman–Crippen LogP) is 4.53. The number of nitrogens with one attached hydrogen (secondary N) is 1. The van der Waals surface area contributed by atoms with Crippen LogP contribution in [0, 0.1) is 11.8 Å². The van der Waals surface area contributed by atoms with Crippen molar-refractivity contribution in [1.82, 2.24) is 10.2 Å². The lowest BCUT2D eigenvalue weighted by Gasteiger charge is -2.28. The van der Waals surface area contributed by atoms with Gasteiger partial charge in [0.15, 0.2) is 11.5 Å². The number of ether oxygens (including phenoxy) is 2. The number of aromatic hydroxyl groups is 1. The quantitative estimate of drug-likeness (QED) is 0.552. The van der Waals surface area contributed by atoms with E-state index in [-0.39, 0.29) is 17.6 Å². The van der Waals surface area contributed by atoms with E-state index >= 15 is 0 Å². The first-order valence-electron chi connectivity index (χ1n) is 12.1. The van der Waals surface area contributed by atoms with Crippen molar-refractivity contribution >= 4 is 5.91 Å². The molecule has 2 aromatic rings. The lowest BCUT2D eigenvalue weighted by atomic mass is 10.1. The van der Waals surface area contributed by atoms with Crippen LogP contribution < -0.4 is 14.8 Å². The molecule has 1 unspecified atom stereocenters. The molecule has 0 aromatic heterocycles. The van der Waals surface area contributed by atoms with Gasteiger partial charge >= 0.3 is 0 Å². The average Bonchev–Trinajstić information content (AvgIpc) is 3.04. The summed E-state index contributed by atoms with van der Waals surface area (Å²) in [6.45, 7) is 11.8. The molecule has 0 radical (unpaired) electrons. The molecule has 6 heteroatoms. The molecule has 180 valence electrons. The highest BCUT2D eigenvalue weighted by Crippen LogP contribution is 2.39. The van der Waals surface area contributed by atoms with Gasteiger partial charge in [-0.05, 0) is 41.2 Å². The highest BCUT2D eigenvalue weighted by Gasteiger charge is 2.23. The zero-order valence-corrected chi connectivity index (χ0v) is 20.4. The number of phenols is 1. The van der Waals surface area contributed by atoms with Crippen LogP contribution in [0.2, 0.25) is 0 Å². The maximum Gasteiger partial charge on any atom is 0.226 e. The van der Waals surface area contributed by atoms with Gasteiger partial charge in [0.1, 0.15) is 0 Å². The van der Waals surface area contributed by atoms with Gasteiger partial charge in [0.05, 0.1) is 13.2 Å². The number of rotatable bonds is 10. The van der Waals surface area contributed by atoms with Crippen LogP contribution in [0.1, 0.15) is 50.8 Å². The van der Waals surface area contributed by atoms with Crippen LogP contribution in [0.5, 0.6) is 17.2 Å². The minimum Gasteiger partial charge on any atom is -0.504 e. The summed E-state index contributed by atoms with van der Waals surface area (Å²) in [6, 6.07) is 12.1. The average molecular weight is 455 g/mol. The van der Waals surface area contributed by atoms with Crippen LogP contribution in [0.4, 0.5) is 0 Å². The molecule has 0 bridgehead atoms. The third-order valence-electron chi connectivity index (χ3n) is 5.76. The fraction of sp³-hybridized carbons (Fsp3) is 0.519. The SMILES string of the molecule is CCc1cccc(CNCC(C)C(=O)N(Cc2cc(O)c3c(c2)OCCCO3)CC(C)C)c1. The highest BCUT2D eigenvalue weighted by atomic mass is 16.5. The third kappa shape index (κ3) is 7.13. The number of hydrogen-bond acceptors (Lipinski definition) is 5. The Morgan fingerprint density at radius 1 is 1.09 bits per heavy atom. The number of nitrogens with zero attached hydrogens (tertiary/aromatic N) is 1. The second-order valence-corrected chi connectivity index (χ2v) is 9.31. The van der Waals surface area contributed by atoms with Crippen LogP contribution in [-0.4, -0.2) is 42.2 Å². The lowest BCUT2D eigenvalue weighted by molar-refractivity contribution is -0.136. The van der Waals surface area contributed by atoms with Gasteiger partial charge in [-0.25, -0.2) is 0 Å². The van der Waals surface area contributed by atoms with Crippen LogP contribution in [0.15, 0.2) is 36.4 Å². The van der Waals surface area contributed by atoms with E-state index in [1.165, 1.54) is 11.1 Å². The van der Waals surface area contributed by atoms with E-state index in [4.69, 9.17) is 9.47 Å². The summed E-state index contributed by atoms with van der Waals surface area (Å²) >= 11 is 0. The third-order valence-corrected chi connectivity index (χ3v) is 5.76. The van der Waals surface area contributed by atoms with Gasteiger partial charge < -0.3 is 24.8 Å². The molecule has 0 spiro atoms. The largest absolute Gasteiger partial charge is 0.504 e. The Bertz CT molecular complexity index is 928. The van der Waals surface area contributed by atoms with E-state index in [9.17, 15) is 9.90 Å². The fourth-order valence-corrected chi connectivity index (χ4v) is 4.09. The molecule has 0 saturated heterocycles. The van der Waals surface area contributed by atoms with Gasteiger partial charge in [0.2, 0.25) is 11.7 Å². The smallest absolute Gasteiger partial charge is 0.226 e. The van der Waals surface area contributed by atoms with Crippen LogP contribution >= 0.6 is 0 Å². The Morgan fingerprint density at radius 2 is 1.85 bits per heavy atom. The Hall–Kier alpha value is -2.73. The summed E-state index contributed by atoms with van der Waals surface area (Å²) in [5.74, 6) is 1.27. The molecule has 0 fully saturated rings. The Balaban J connectivity index is 1.64. The molecular formula is C27H38N2O4. The standard InChI is InChI=1S/C27H38N2O4/c1-5-21-8-6-9-22(12-21)16-28-15-20(4)27(31)29(17-19(2)3)18-23-13-24(30)26-25(14-23)32-10-7-11-33-26/h6,8-9,12-14,19-20,28,30H,5,7,10-11,15-18H2,1-4H3. The summed E-state index contributed by atoms with van der Waals surface area (Å²) in [6.07, 6.45) is 1.79. The first-order chi connectivity index (χ1) is 15.9. The zero-order valence-electron chi connectivity index (χ0n) is 20.4. The maximum atomic E-state index is 13.3. The monoisotopic (exact) mass is 454 g/mol. The number of aryl methyl sites for hydroxylation is 1. The topological polar surface area (TPSA) is 71.0 Å². The molecule has 0 aliphatic carbocycles. The summed E-state index contributed by atoms with van der Waals surface area (Å²) in [7, 11) is 0. The van der Waals surface area contributed by atoms with E-state index in [0.717, 1.165) is 24.9 Å². The first kappa shape index (κ1) is 24.9. The van der Waals surface area contributed by atoms with Crippen molar-refractivity contribution < 1.29 is 19.4 Å². The van der Waals surface area contributed by atoms with Gasteiger partial charge in [0.25, 0.3) is 0 Å². The Morgan fingerprint density at radius 3 is 2.61 bits per heavy atom. The predicted molar refractivity (Wildman–Crippen MR) is 131 cm³/mol. The molecule has 1 atom stereocenters. The number of fused-ring (bicyclic) bond motifs is 1.